The van der Waals surface area contributed by atoms with Gasteiger partial charge in [-0.1, -0.05) is 42.0 Å². The number of sulfonamides is 2. The minimum absolute atomic E-state index is 0.00960. The largest absolute Gasteiger partial charge is 0.416 e. The van der Waals surface area contributed by atoms with Gasteiger partial charge in [0.1, 0.15) is 0 Å². The van der Waals surface area contributed by atoms with E-state index in [2.05, 4.69) is 4.72 Å². The molecule has 33 heavy (non-hydrogen) atoms. The molecule has 3 aromatic carbocycles. The molecule has 3 aromatic rings. The van der Waals surface area contributed by atoms with E-state index in [0.717, 1.165) is 28.1 Å². The van der Waals surface area contributed by atoms with Crippen molar-refractivity contribution in [1.29, 1.82) is 0 Å². The maximum absolute atomic E-state index is 13.2. The SMILES string of the molecule is Cc1ccc(S(=O)(=O)NCCN(c2cccc(C(F)(F)F)c2)S(=O)(=O)c2ccccc2)cc1. The van der Waals surface area contributed by atoms with Crippen molar-refractivity contribution in [2.45, 2.75) is 22.9 Å². The maximum atomic E-state index is 13.2. The first kappa shape index (κ1) is 24.7. The van der Waals surface area contributed by atoms with Crippen LogP contribution in [0.5, 0.6) is 0 Å². The molecule has 0 atom stereocenters. The van der Waals surface area contributed by atoms with Gasteiger partial charge in [-0.05, 0) is 49.4 Å². The number of hydrogen-bond acceptors (Lipinski definition) is 4. The lowest BCUT2D eigenvalue weighted by Crippen LogP contribution is -2.38. The Hall–Kier alpha value is -2.89. The number of anilines is 1. The number of nitrogens with one attached hydrogen (secondary N) is 1. The van der Waals surface area contributed by atoms with Crippen molar-refractivity contribution in [3.8, 4) is 0 Å². The summed E-state index contributed by atoms with van der Waals surface area (Å²) < 4.78 is 94.2. The van der Waals surface area contributed by atoms with Gasteiger partial charge in [0.15, 0.2) is 0 Å². The molecule has 0 aliphatic rings. The highest BCUT2D eigenvalue weighted by molar-refractivity contribution is 7.92. The standard InChI is InChI=1S/C22H21F3N2O4S2/c1-17-10-12-20(13-11-17)32(28,29)26-14-15-27(33(30,31)21-8-3-2-4-9-21)19-7-5-6-18(16-19)22(23,24)25/h2-13,16,26H,14-15H2,1H3. The molecule has 1 N–H and O–H groups in total. The molecule has 6 nitrogen and oxygen atoms in total. The van der Waals surface area contributed by atoms with Crippen LogP contribution in [-0.2, 0) is 26.2 Å². The third kappa shape index (κ3) is 5.92. The molecule has 3 rings (SSSR count). The fourth-order valence-corrected chi connectivity index (χ4v) is 5.53. The molecule has 0 aliphatic heterocycles. The molecule has 0 radical (unpaired) electrons. The van der Waals surface area contributed by atoms with Crippen LogP contribution >= 0.6 is 0 Å². The molecular weight excluding hydrogens is 477 g/mol. The Morgan fingerprint density at radius 2 is 1.45 bits per heavy atom. The number of aryl methyl sites for hydroxylation is 1. The molecule has 0 amide bonds. The second kappa shape index (κ2) is 9.54. The number of rotatable bonds is 8. The number of halogens is 3. The first-order valence-electron chi connectivity index (χ1n) is 9.73. The maximum Gasteiger partial charge on any atom is 0.416 e. The van der Waals surface area contributed by atoms with Crippen LogP contribution in [0.3, 0.4) is 0 Å². The zero-order valence-electron chi connectivity index (χ0n) is 17.5. The van der Waals surface area contributed by atoms with Crippen LogP contribution in [-0.4, -0.2) is 29.9 Å². The van der Waals surface area contributed by atoms with Gasteiger partial charge in [-0.2, -0.15) is 13.2 Å². The van der Waals surface area contributed by atoms with Crippen LogP contribution in [0.15, 0.2) is 88.7 Å². The second-order valence-electron chi connectivity index (χ2n) is 7.15. The third-order valence-electron chi connectivity index (χ3n) is 4.73. The lowest BCUT2D eigenvalue weighted by atomic mass is 10.2. The monoisotopic (exact) mass is 498 g/mol. The summed E-state index contributed by atoms with van der Waals surface area (Å²) in [5.41, 5.74) is -0.393. The summed E-state index contributed by atoms with van der Waals surface area (Å²) in [5, 5.41) is 0. The van der Waals surface area contributed by atoms with E-state index in [1.54, 1.807) is 25.1 Å². The van der Waals surface area contributed by atoms with Gasteiger partial charge in [0, 0.05) is 13.1 Å². The molecule has 0 fully saturated rings. The Bertz CT molecular complexity index is 1310. The van der Waals surface area contributed by atoms with E-state index >= 15 is 0 Å². The third-order valence-corrected chi connectivity index (χ3v) is 8.05. The van der Waals surface area contributed by atoms with Gasteiger partial charge in [-0.3, -0.25) is 4.31 Å². The van der Waals surface area contributed by atoms with Crippen molar-refractivity contribution in [1.82, 2.24) is 4.72 Å². The van der Waals surface area contributed by atoms with Gasteiger partial charge in [-0.15, -0.1) is 0 Å². The van der Waals surface area contributed by atoms with Gasteiger partial charge in [0.05, 0.1) is 21.0 Å². The predicted octanol–water partition coefficient (Wildman–Crippen LogP) is 4.19. The average Bonchev–Trinajstić information content (AvgIpc) is 2.77. The van der Waals surface area contributed by atoms with Crippen molar-refractivity contribution >= 4 is 25.7 Å². The van der Waals surface area contributed by atoms with Crippen LogP contribution in [0, 0.1) is 6.92 Å². The molecular formula is C22H21F3N2O4S2. The number of alkyl halides is 3. The fourth-order valence-electron chi connectivity index (χ4n) is 3.03. The van der Waals surface area contributed by atoms with E-state index in [-0.39, 0.29) is 22.0 Å². The Morgan fingerprint density at radius 3 is 2.06 bits per heavy atom. The topological polar surface area (TPSA) is 83.6 Å². The first-order chi connectivity index (χ1) is 15.4. The minimum atomic E-state index is -4.68. The average molecular weight is 499 g/mol. The van der Waals surface area contributed by atoms with Gasteiger partial charge in [0.25, 0.3) is 10.0 Å². The smallest absolute Gasteiger partial charge is 0.265 e. The van der Waals surface area contributed by atoms with Crippen molar-refractivity contribution in [2.75, 3.05) is 17.4 Å². The Morgan fingerprint density at radius 1 is 0.818 bits per heavy atom. The number of benzene rings is 3. The highest BCUT2D eigenvalue weighted by Crippen LogP contribution is 2.33. The van der Waals surface area contributed by atoms with Crippen LogP contribution in [0.25, 0.3) is 0 Å². The molecule has 176 valence electrons. The summed E-state index contributed by atoms with van der Waals surface area (Å²) in [6.45, 7) is 1.01. The van der Waals surface area contributed by atoms with Crippen molar-refractivity contribution in [3.05, 3.63) is 90.0 Å². The van der Waals surface area contributed by atoms with Gasteiger partial charge in [-0.25, -0.2) is 21.6 Å². The summed E-state index contributed by atoms with van der Waals surface area (Å²) in [4.78, 5) is -0.145. The molecule has 0 spiro atoms. The van der Waals surface area contributed by atoms with Crippen LogP contribution in [0.2, 0.25) is 0 Å². The van der Waals surface area contributed by atoms with Gasteiger partial charge >= 0.3 is 6.18 Å². The first-order valence-corrected chi connectivity index (χ1v) is 12.6. The summed E-state index contributed by atoms with van der Waals surface area (Å²) in [6.07, 6.45) is -4.68. The molecule has 11 heteroatoms. The zero-order chi connectivity index (χ0) is 24.3. The van der Waals surface area contributed by atoms with E-state index in [1.807, 2.05) is 0 Å². The van der Waals surface area contributed by atoms with Crippen LogP contribution < -0.4 is 9.03 Å². The molecule has 0 saturated carbocycles. The van der Waals surface area contributed by atoms with Crippen LogP contribution in [0.4, 0.5) is 18.9 Å². The van der Waals surface area contributed by atoms with Crippen molar-refractivity contribution in [3.63, 3.8) is 0 Å². The highest BCUT2D eigenvalue weighted by Gasteiger charge is 2.32. The quantitative estimate of drug-likeness (QED) is 0.505. The number of nitrogens with zero attached hydrogens (tertiary/aromatic N) is 1. The molecule has 0 aliphatic carbocycles. The van der Waals surface area contributed by atoms with Gasteiger partial charge < -0.3 is 0 Å². The Kier molecular flexibility index (Phi) is 7.15. The lowest BCUT2D eigenvalue weighted by molar-refractivity contribution is -0.137. The van der Waals surface area contributed by atoms with E-state index in [4.69, 9.17) is 0 Å². The minimum Gasteiger partial charge on any atom is -0.265 e. The van der Waals surface area contributed by atoms with Crippen molar-refractivity contribution in [2.24, 2.45) is 0 Å². The van der Waals surface area contributed by atoms with Gasteiger partial charge in [0.2, 0.25) is 10.0 Å². The van der Waals surface area contributed by atoms with Crippen molar-refractivity contribution < 1.29 is 30.0 Å². The Balaban J connectivity index is 1.92. The molecule has 0 heterocycles. The molecule has 0 saturated heterocycles. The zero-order valence-corrected chi connectivity index (χ0v) is 19.1. The molecule has 0 aromatic heterocycles. The predicted molar refractivity (Wildman–Crippen MR) is 119 cm³/mol. The second-order valence-corrected chi connectivity index (χ2v) is 10.8. The van der Waals surface area contributed by atoms with E-state index in [0.29, 0.717) is 0 Å². The number of hydrogen-bond donors (Lipinski definition) is 1. The normalized spacial score (nSPS) is 12.5. The lowest BCUT2D eigenvalue weighted by Gasteiger charge is -2.25. The fraction of sp³-hybridized carbons (Fsp3) is 0.182. The summed E-state index contributed by atoms with van der Waals surface area (Å²) in [5.74, 6) is 0. The summed E-state index contributed by atoms with van der Waals surface area (Å²) in [7, 11) is -8.22. The highest BCUT2D eigenvalue weighted by atomic mass is 32.2. The Labute approximate surface area is 190 Å². The van der Waals surface area contributed by atoms with E-state index in [9.17, 15) is 30.0 Å². The van der Waals surface area contributed by atoms with E-state index < -0.39 is 38.3 Å². The summed E-state index contributed by atoms with van der Waals surface area (Å²) in [6, 6.07) is 17.1. The van der Waals surface area contributed by atoms with E-state index in [1.165, 1.54) is 42.5 Å². The summed E-state index contributed by atoms with van der Waals surface area (Å²) >= 11 is 0. The molecule has 0 unspecified atom stereocenters. The van der Waals surface area contributed by atoms with Crippen LogP contribution in [0.1, 0.15) is 11.1 Å². The molecule has 0 bridgehead atoms.